The molecule has 1 N–H and O–H groups in total. The van der Waals surface area contributed by atoms with E-state index in [0.717, 1.165) is 16.9 Å². The number of aromatic nitrogens is 2. The molecule has 0 saturated heterocycles. The van der Waals surface area contributed by atoms with Crippen LogP contribution in [0.25, 0.3) is 5.65 Å². The van der Waals surface area contributed by atoms with Crippen LogP contribution in [0, 0.1) is 6.92 Å². The van der Waals surface area contributed by atoms with Crippen LogP contribution < -0.4 is 10.1 Å². The lowest BCUT2D eigenvalue weighted by atomic mass is 10.2. The Labute approximate surface area is 134 Å². The van der Waals surface area contributed by atoms with Gasteiger partial charge in [0.15, 0.2) is 0 Å². The Bertz CT molecular complexity index is 868. The van der Waals surface area contributed by atoms with Crippen LogP contribution in [-0.2, 0) is 6.42 Å². The standard InChI is InChI=1S/C18H19N3O2/c1-4-15-16(21-10-6-7-12(2)17(21)20-15)18(22)19-13-8-5-9-14(11-13)23-3/h5-11H,4H2,1-3H3,(H,19,22). The Morgan fingerprint density at radius 3 is 2.87 bits per heavy atom. The van der Waals surface area contributed by atoms with Gasteiger partial charge in [0.1, 0.15) is 17.1 Å². The maximum atomic E-state index is 12.8. The van der Waals surface area contributed by atoms with Crippen molar-refractivity contribution in [2.75, 3.05) is 12.4 Å². The van der Waals surface area contributed by atoms with Crippen molar-refractivity contribution in [1.82, 2.24) is 9.38 Å². The molecule has 0 aliphatic carbocycles. The van der Waals surface area contributed by atoms with Crippen molar-refractivity contribution in [2.45, 2.75) is 20.3 Å². The highest BCUT2D eigenvalue weighted by Gasteiger charge is 2.19. The average molecular weight is 309 g/mol. The van der Waals surface area contributed by atoms with Crippen molar-refractivity contribution in [3.8, 4) is 5.75 Å². The number of rotatable bonds is 4. The van der Waals surface area contributed by atoms with Gasteiger partial charge in [-0.05, 0) is 37.1 Å². The molecule has 0 bridgehead atoms. The number of nitrogens with one attached hydrogen (secondary N) is 1. The highest BCUT2D eigenvalue weighted by Crippen LogP contribution is 2.20. The summed E-state index contributed by atoms with van der Waals surface area (Å²) in [6.45, 7) is 3.99. The van der Waals surface area contributed by atoms with Crippen molar-refractivity contribution in [1.29, 1.82) is 0 Å². The van der Waals surface area contributed by atoms with Crippen LogP contribution >= 0.6 is 0 Å². The van der Waals surface area contributed by atoms with Gasteiger partial charge >= 0.3 is 0 Å². The number of benzene rings is 1. The van der Waals surface area contributed by atoms with Gasteiger partial charge in [0.2, 0.25) is 0 Å². The molecule has 0 atom stereocenters. The van der Waals surface area contributed by atoms with Crippen LogP contribution in [0.15, 0.2) is 42.6 Å². The van der Waals surface area contributed by atoms with E-state index < -0.39 is 0 Å². The summed E-state index contributed by atoms with van der Waals surface area (Å²) in [5, 5.41) is 2.93. The molecule has 0 spiro atoms. The number of ether oxygens (including phenoxy) is 1. The summed E-state index contributed by atoms with van der Waals surface area (Å²) in [4.78, 5) is 17.4. The summed E-state index contributed by atoms with van der Waals surface area (Å²) in [6.07, 6.45) is 2.57. The van der Waals surface area contributed by atoms with Crippen LogP contribution in [0.1, 0.15) is 28.7 Å². The van der Waals surface area contributed by atoms with Gasteiger partial charge < -0.3 is 10.1 Å². The molecule has 3 rings (SSSR count). The third-order valence-corrected chi connectivity index (χ3v) is 3.79. The number of anilines is 1. The van der Waals surface area contributed by atoms with Crippen LogP contribution in [0.4, 0.5) is 5.69 Å². The van der Waals surface area contributed by atoms with Gasteiger partial charge in [-0.3, -0.25) is 9.20 Å². The van der Waals surface area contributed by atoms with Crippen molar-refractivity contribution in [3.05, 3.63) is 59.5 Å². The van der Waals surface area contributed by atoms with Gasteiger partial charge in [-0.15, -0.1) is 0 Å². The number of carbonyl (C=O) groups excluding carboxylic acids is 1. The number of hydrogen-bond donors (Lipinski definition) is 1. The number of amides is 1. The molecule has 0 aliphatic rings. The van der Waals surface area contributed by atoms with Crippen LogP contribution in [0.2, 0.25) is 0 Å². The predicted octanol–water partition coefficient (Wildman–Crippen LogP) is 3.47. The minimum Gasteiger partial charge on any atom is -0.497 e. The number of methoxy groups -OCH3 is 1. The first-order valence-corrected chi connectivity index (χ1v) is 7.56. The van der Waals surface area contributed by atoms with Crippen molar-refractivity contribution < 1.29 is 9.53 Å². The summed E-state index contributed by atoms with van der Waals surface area (Å²) < 4.78 is 7.04. The fourth-order valence-corrected chi connectivity index (χ4v) is 2.63. The second kappa shape index (κ2) is 6.12. The van der Waals surface area contributed by atoms with Gasteiger partial charge in [0.25, 0.3) is 5.91 Å². The summed E-state index contributed by atoms with van der Waals surface area (Å²) in [6, 6.07) is 11.2. The lowest BCUT2D eigenvalue weighted by Gasteiger charge is -2.08. The third kappa shape index (κ3) is 2.77. The SMILES string of the molecule is CCc1nc2c(C)cccn2c1C(=O)Nc1cccc(OC)c1. The van der Waals surface area contributed by atoms with Gasteiger partial charge in [-0.2, -0.15) is 0 Å². The monoisotopic (exact) mass is 309 g/mol. The van der Waals surface area contributed by atoms with Gasteiger partial charge in [-0.25, -0.2) is 4.98 Å². The fourth-order valence-electron chi connectivity index (χ4n) is 2.63. The van der Waals surface area contributed by atoms with Gasteiger partial charge in [0.05, 0.1) is 12.8 Å². The van der Waals surface area contributed by atoms with E-state index in [0.29, 0.717) is 23.6 Å². The molecule has 23 heavy (non-hydrogen) atoms. The molecule has 0 aliphatic heterocycles. The molecule has 0 saturated carbocycles. The molecule has 0 unspecified atom stereocenters. The molecule has 3 aromatic rings. The van der Waals surface area contributed by atoms with E-state index in [1.165, 1.54) is 0 Å². The summed E-state index contributed by atoms with van der Waals surface area (Å²) in [5.74, 6) is 0.528. The quantitative estimate of drug-likeness (QED) is 0.803. The van der Waals surface area contributed by atoms with Crippen LogP contribution in [0.5, 0.6) is 5.75 Å². The Balaban J connectivity index is 2.01. The van der Waals surface area contributed by atoms with Crippen LogP contribution in [0.3, 0.4) is 0 Å². The highest BCUT2D eigenvalue weighted by atomic mass is 16.5. The number of fused-ring (bicyclic) bond motifs is 1. The van der Waals surface area contributed by atoms with E-state index in [2.05, 4.69) is 10.3 Å². The van der Waals surface area contributed by atoms with Gasteiger partial charge in [-0.1, -0.05) is 19.1 Å². The molecule has 5 nitrogen and oxygen atoms in total. The normalized spacial score (nSPS) is 10.7. The largest absolute Gasteiger partial charge is 0.497 e. The molecule has 2 aromatic heterocycles. The number of carbonyl (C=O) groups is 1. The Morgan fingerprint density at radius 1 is 1.30 bits per heavy atom. The third-order valence-electron chi connectivity index (χ3n) is 3.79. The zero-order chi connectivity index (χ0) is 16.4. The van der Waals surface area contributed by atoms with Crippen LogP contribution in [-0.4, -0.2) is 22.4 Å². The van der Waals surface area contributed by atoms with E-state index in [-0.39, 0.29) is 5.91 Å². The first-order chi connectivity index (χ1) is 11.1. The molecule has 5 heteroatoms. The van der Waals surface area contributed by atoms with E-state index in [1.54, 1.807) is 13.2 Å². The van der Waals surface area contributed by atoms with Gasteiger partial charge in [0, 0.05) is 18.0 Å². The maximum absolute atomic E-state index is 12.8. The minimum atomic E-state index is -0.173. The van der Waals surface area contributed by atoms with Crippen molar-refractivity contribution >= 4 is 17.2 Å². The maximum Gasteiger partial charge on any atom is 0.274 e. The first kappa shape index (κ1) is 15.1. The zero-order valence-corrected chi connectivity index (χ0v) is 13.5. The second-order valence-corrected chi connectivity index (χ2v) is 5.33. The molecule has 0 radical (unpaired) electrons. The fraction of sp³-hybridized carbons (Fsp3) is 0.222. The predicted molar refractivity (Wildman–Crippen MR) is 90.3 cm³/mol. The Hall–Kier alpha value is -2.82. The number of hydrogen-bond acceptors (Lipinski definition) is 3. The molecule has 2 heterocycles. The molecule has 118 valence electrons. The lowest BCUT2D eigenvalue weighted by molar-refractivity contribution is 0.102. The number of imidazole rings is 1. The minimum absolute atomic E-state index is 0.173. The number of nitrogens with zero attached hydrogens (tertiary/aromatic N) is 2. The smallest absolute Gasteiger partial charge is 0.274 e. The summed E-state index contributed by atoms with van der Waals surface area (Å²) in [5.41, 5.74) is 3.93. The summed E-state index contributed by atoms with van der Waals surface area (Å²) >= 11 is 0. The first-order valence-electron chi connectivity index (χ1n) is 7.56. The average Bonchev–Trinajstić information content (AvgIpc) is 2.95. The van der Waals surface area contributed by atoms with Crippen molar-refractivity contribution in [3.63, 3.8) is 0 Å². The Morgan fingerprint density at radius 2 is 2.13 bits per heavy atom. The van der Waals surface area contributed by atoms with Crippen molar-refractivity contribution in [2.24, 2.45) is 0 Å². The zero-order valence-electron chi connectivity index (χ0n) is 13.5. The van der Waals surface area contributed by atoms with E-state index >= 15 is 0 Å². The molecule has 0 fully saturated rings. The number of pyridine rings is 1. The lowest BCUT2D eigenvalue weighted by Crippen LogP contribution is -2.16. The molecular formula is C18H19N3O2. The molecule has 1 amide bonds. The second-order valence-electron chi connectivity index (χ2n) is 5.33. The van der Waals surface area contributed by atoms with E-state index in [4.69, 9.17) is 4.74 Å². The molecule has 1 aromatic carbocycles. The topological polar surface area (TPSA) is 55.6 Å². The van der Waals surface area contributed by atoms with E-state index in [1.807, 2.05) is 54.8 Å². The van der Waals surface area contributed by atoms with E-state index in [9.17, 15) is 4.79 Å². The Kier molecular flexibility index (Phi) is 4.02. The highest BCUT2D eigenvalue weighted by molar-refractivity contribution is 6.04. The number of aryl methyl sites for hydroxylation is 2. The summed E-state index contributed by atoms with van der Waals surface area (Å²) in [7, 11) is 1.60. The molecular weight excluding hydrogens is 290 g/mol.